The molecule has 0 aliphatic heterocycles. The van der Waals surface area contributed by atoms with Crippen molar-refractivity contribution >= 4 is 0 Å². The number of hydrogen-bond acceptors (Lipinski definition) is 2. The van der Waals surface area contributed by atoms with Crippen LogP contribution in [0.2, 0.25) is 0 Å². The second-order valence-corrected chi connectivity index (χ2v) is 5.12. The zero-order valence-electron chi connectivity index (χ0n) is 8.63. The Bertz CT molecular complexity index is 163. The maximum Gasteiger partial charge on any atom is 0.00698 e. The molecule has 0 aromatic carbocycles. The Kier molecular flexibility index (Phi) is 2.89. The molecule has 2 heteroatoms. The normalized spacial score (nSPS) is 44.8. The SMILES string of the molecule is CC1CCC(NCC2CC(N)C2)C1. The van der Waals surface area contributed by atoms with Crippen molar-refractivity contribution in [3.63, 3.8) is 0 Å². The van der Waals surface area contributed by atoms with Gasteiger partial charge in [-0.15, -0.1) is 0 Å². The predicted octanol–water partition coefficient (Wildman–Crippen LogP) is 1.50. The average Bonchev–Trinajstić information content (AvgIpc) is 2.43. The van der Waals surface area contributed by atoms with Crippen LogP contribution in [0.3, 0.4) is 0 Å². The van der Waals surface area contributed by atoms with Gasteiger partial charge in [0.15, 0.2) is 0 Å². The molecule has 0 aromatic heterocycles. The molecule has 2 fully saturated rings. The Morgan fingerprint density at radius 1 is 1.23 bits per heavy atom. The quantitative estimate of drug-likeness (QED) is 0.694. The maximum absolute atomic E-state index is 5.75. The standard InChI is InChI=1S/C11H22N2/c1-8-2-3-11(4-8)13-7-9-5-10(12)6-9/h8-11,13H,2-7,12H2,1H3. The third-order valence-electron chi connectivity index (χ3n) is 3.66. The molecule has 2 saturated carbocycles. The second-order valence-electron chi connectivity index (χ2n) is 5.12. The number of hydrogen-bond donors (Lipinski definition) is 2. The summed E-state index contributed by atoms with van der Waals surface area (Å²) in [5, 5.41) is 3.68. The molecule has 76 valence electrons. The van der Waals surface area contributed by atoms with Gasteiger partial charge in [-0.2, -0.15) is 0 Å². The Balaban J connectivity index is 1.58. The molecular weight excluding hydrogens is 160 g/mol. The van der Waals surface area contributed by atoms with Gasteiger partial charge in [-0.25, -0.2) is 0 Å². The third kappa shape index (κ3) is 2.44. The summed E-state index contributed by atoms with van der Waals surface area (Å²) in [6.45, 7) is 3.58. The van der Waals surface area contributed by atoms with E-state index in [0.717, 1.165) is 17.9 Å². The lowest BCUT2D eigenvalue weighted by Gasteiger charge is -2.33. The Labute approximate surface area is 81.3 Å². The van der Waals surface area contributed by atoms with Crippen molar-refractivity contribution in [2.24, 2.45) is 17.6 Å². The summed E-state index contributed by atoms with van der Waals surface area (Å²) in [6.07, 6.45) is 6.69. The molecule has 2 rings (SSSR count). The third-order valence-corrected chi connectivity index (χ3v) is 3.66. The molecule has 0 bridgehead atoms. The molecule has 2 aliphatic rings. The summed E-state index contributed by atoms with van der Waals surface area (Å²) in [5.74, 6) is 1.83. The summed E-state index contributed by atoms with van der Waals surface area (Å²) in [5.41, 5.74) is 5.75. The van der Waals surface area contributed by atoms with E-state index in [2.05, 4.69) is 12.2 Å². The summed E-state index contributed by atoms with van der Waals surface area (Å²) < 4.78 is 0. The van der Waals surface area contributed by atoms with E-state index in [9.17, 15) is 0 Å². The Morgan fingerprint density at radius 3 is 2.54 bits per heavy atom. The smallest absolute Gasteiger partial charge is 0.00698 e. The van der Waals surface area contributed by atoms with Crippen LogP contribution in [0.25, 0.3) is 0 Å². The molecule has 0 amide bonds. The molecule has 0 aromatic rings. The first-order chi connectivity index (χ1) is 6.24. The average molecular weight is 182 g/mol. The zero-order valence-corrected chi connectivity index (χ0v) is 8.63. The summed E-state index contributed by atoms with van der Waals surface area (Å²) in [4.78, 5) is 0. The van der Waals surface area contributed by atoms with Gasteiger partial charge in [-0.1, -0.05) is 6.92 Å². The minimum atomic E-state index is 0.509. The summed E-state index contributed by atoms with van der Waals surface area (Å²) in [7, 11) is 0. The highest BCUT2D eigenvalue weighted by Gasteiger charge is 2.27. The van der Waals surface area contributed by atoms with Gasteiger partial charge in [-0.05, 0) is 50.5 Å². The molecule has 13 heavy (non-hydrogen) atoms. The fourth-order valence-corrected chi connectivity index (χ4v) is 2.68. The van der Waals surface area contributed by atoms with Crippen LogP contribution in [-0.4, -0.2) is 18.6 Å². The first-order valence-corrected chi connectivity index (χ1v) is 5.73. The lowest BCUT2D eigenvalue weighted by molar-refractivity contribution is 0.247. The fourth-order valence-electron chi connectivity index (χ4n) is 2.68. The first kappa shape index (κ1) is 9.47. The predicted molar refractivity (Wildman–Crippen MR) is 55.5 cm³/mol. The van der Waals surface area contributed by atoms with E-state index < -0.39 is 0 Å². The molecule has 2 atom stereocenters. The largest absolute Gasteiger partial charge is 0.328 e. The van der Waals surface area contributed by atoms with E-state index in [1.54, 1.807) is 0 Å². The minimum Gasteiger partial charge on any atom is -0.328 e. The fraction of sp³-hybridized carbons (Fsp3) is 1.00. The van der Waals surface area contributed by atoms with Crippen LogP contribution in [0.4, 0.5) is 0 Å². The van der Waals surface area contributed by atoms with Crippen LogP contribution < -0.4 is 11.1 Å². The highest BCUT2D eigenvalue weighted by atomic mass is 14.9. The summed E-state index contributed by atoms with van der Waals surface area (Å²) >= 11 is 0. The molecule has 2 unspecified atom stereocenters. The van der Waals surface area contributed by atoms with Crippen LogP contribution in [-0.2, 0) is 0 Å². The number of rotatable bonds is 3. The van der Waals surface area contributed by atoms with Crippen molar-refractivity contribution in [3.8, 4) is 0 Å². The van der Waals surface area contributed by atoms with Crippen LogP contribution in [0, 0.1) is 11.8 Å². The molecule has 2 nitrogen and oxygen atoms in total. The molecular formula is C11H22N2. The lowest BCUT2D eigenvalue weighted by atomic mass is 9.81. The van der Waals surface area contributed by atoms with Crippen LogP contribution in [0.5, 0.6) is 0 Å². The van der Waals surface area contributed by atoms with Crippen molar-refractivity contribution in [3.05, 3.63) is 0 Å². The van der Waals surface area contributed by atoms with E-state index in [1.165, 1.54) is 38.6 Å². The summed E-state index contributed by atoms with van der Waals surface area (Å²) in [6, 6.07) is 1.32. The second kappa shape index (κ2) is 3.97. The Morgan fingerprint density at radius 2 is 2.00 bits per heavy atom. The van der Waals surface area contributed by atoms with E-state index in [1.807, 2.05) is 0 Å². The monoisotopic (exact) mass is 182 g/mol. The molecule has 0 saturated heterocycles. The zero-order chi connectivity index (χ0) is 9.26. The van der Waals surface area contributed by atoms with Crippen LogP contribution in [0.1, 0.15) is 39.0 Å². The highest BCUT2D eigenvalue weighted by molar-refractivity contribution is 4.86. The molecule has 3 N–H and O–H groups in total. The number of nitrogens with two attached hydrogens (primary N) is 1. The van der Waals surface area contributed by atoms with Gasteiger partial charge >= 0.3 is 0 Å². The molecule has 0 heterocycles. The maximum atomic E-state index is 5.75. The van der Waals surface area contributed by atoms with Crippen LogP contribution in [0.15, 0.2) is 0 Å². The molecule has 0 spiro atoms. The van der Waals surface area contributed by atoms with Gasteiger partial charge < -0.3 is 11.1 Å². The van der Waals surface area contributed by atoms with Gasteiger partial charge in [0.25, 0.3) is 0 Å². The van der Waals surface area contributed by atoms with E-state index in [4.69, 9.17) is 5.73 Å². The molecule has 0 radical (unpaired) electrons. The van der Waals surface area contributed by atoms with E-state index in [0.29, 0.717) is 6.04 Å². The van der Waals surface area contributed by atoms with Crippen molar-refractivity contribution < 1.29 is 0 Å². The Hall–Kier alpha value is -0.0800. The topological polar surface area (TPSA) is 38.0 Å². The van der Waals surface area contributed by atoms with E-state index in [-0.39, 0.29) is 0 Å². The first-order valence-electron chi connectivity index (χ1n) is 5.73. The van der Waals surface area contributed by atoms with Crippen LogP contribution >= 0.6 is 0 Å². The van der Waals surface area contributed by atoms with Crippen molar-refractivity contribution in [1.82, 2.24) is 5.32 Å². The lowest BCUT2D eigenvalue weighted by Crippen LogP contribution is -2.43. The van der Waals surface area contributed by atoms with Gasteiger partial charge in [0.05, 0.1) is 0 Å². The minimum absolute atomic E-state index is 0.509. The highest BCUT2D eigenvalue weighted by Crippen LogP contribution is 2.27. The molecule has 2 aliphatic carbocycles. The van der Waals surface area contributed by atoms with Crippen molar-refractivity contribution in [1.29, 1.82) is 0 Å². The number of nitrogens with one attached hydrogen (secondary N) is 1. The van der Waals surface area contributed by atoms with Gasteiger partial charge in [0.2, 0.25) is 0 Å². The van der Waals surface area contributed by atoms with Crippen molar-refractivity contribution in [2.75, 3.05) is 6.54 Å². The van der Waals surface area contributed by atoms with Gasteiger partial charge in [0, 0.05) is 12.1 Å². The van der Waals surface area contributed by atoms with Gasteiger partial charge in [-0.3, -0.25) is 0 Å². The van der Waals surface area contributed by atoms with E-state index >= 15 is 0 Å². The van der Waals surface area contributed by atoms with Gasteiger partial charge in [0.1, 0.15) is 0 Å². The van der Waals surface area contributed by atoms with Crippen molar-refractivity contribution in [2.45, 2.75) is 51.1 Å².